The van der Waals surface area contributed by atoms with Crippen molar-refractivity contribution < 1.29 is 9.53 Å². The third kappa shape index (κ3) is 3.81. The van der Waals surface area contributed by atoms with Crippen LogP contribution >= 0.6 is 0 Å². The number of hydrogen-bond acceptors (Lipinski definition) is 2. The van der Waals surface area contributed by atoms with Gasteiger partial charge in [0.05, 0.1) is 21.1 Å². The first-order chi connectivity index (χ1) is 6.34. The molecule has 3 nitrogen and oxygen atoms in total. The zero-order valence-corrected chi connectivity index (χ0v) is 8.00. The van der Waals surface area contributed by atoms with Crippen LogP contribution in [0.25, 0.3) is 0 Å². The van der Waals surface area contributed by atoms with Crippen molar-refractivity contribution in [3.8, 4) is 0 Å². The maximum Gasteiger partial charge on any atom is 0.222 e. The molecule has 0 atom stereocenters. The zero-order chi connectivity index (χ0) is 9.52. The largest absolute Gasteiger partial charge is 0.378 e. The lowest BCUT2D eigenvalue weighted by molar-refractivity contribution is -0.135. The molecule has 1 fully saturated rings. The lowest BCUT2D eigenvalue weighted by Crippen LogP contribution is -2.40. The van der Waals surface area contributed by atoms with Gasteiger partial charge in [-0.05, 0) is 6.42 Å². The van der Waals surface area contributed by atoms with E-state index < -0.39 is 0 Å². The summed E-state index contributed by atoms with van der Waals surface area (Å²) < 4.78 is 5.16. The summed E-state index contributed by atoms with van der Waals surface area (Å²) in [4.78, 5) is 13.4. The Kier molecular flexibility index (Phi) is 4.90. The van der Waals surface area contributed by atoms with Crippen LogP contribution in [0.15, 0.2) is 0 Å². The van der Waals surface area contributed by atoms with E-state index in [-0.39, 0.29) is 5.91 Å². The highest BCUT2D eigenvalue weighted by atomic mass is 16.5. The highest BCUT2D eigenvalue weighted by Crippen LogP contribution is 2.04. The number of amides is 1. The Hall–Kier alpha value is -0.505. The number of morpholine rings is 1. The van der Waals surface area contributed by atoms with Crippen molar-refractivity contribution in [1.29, 1.82) is 0 Å². The Labute approximate surface area is 80.8 Å². The predicted molar refractivity (Wildman–Crippen MR) is 51.8 cm³/mol. The van der Waals surface area contributed by atoms with E-state index in [1.807, 2.05) is 4.90 Å². The van der Waals surface area contributed by atoms with Gasteiger partial charge in [-0.1, -0.05) is 12.7 Å². The lowest BCUT2D eigenvalue weighted by atomic mass is 9.99. The van der Waals surface area contributed by atoms with Crippen LogP contribution in [0.3, 0.4) is 0 Å². The SMILES string of the molecule is [B]CCCCC(=O)N1CCOCC1. The summed E-state index contributed by atoms with van der Waals surface area (Å²) in [6.45, 7) is 2.87. The van der Waals surface area contributed by atoms with E-state index in [4.69, 9.17) is 12.6 Å². The maximum absolute atomic E-state index is 11.5. The summed E-state index contributed by atoms with van der Waals surface area (Å²) in [6, 6.07) is 0. The van der Waals surface area contributed by atoms with E-state index in [0.717, 1.165) is 25.9 Å². The van der Waals surface area contributed by atoms with Gasteiger partial charge in [0.15, 0.2) is 0 Å². The second-order valence-corrected chi connectivity index (χ2v) is 3.24. The number of rotatable bonds is 4. The summed E-state index contributed by atoms with van der Waals surface area (Å²) in [7, 11) is 5.35. The number of carbonyl (C=O) groups excluding carboxylic acids is 1. The van der Waals surface area contributed by atoms with Crippen molar-refractivity contribution in [2.24, 2.45) is 0 Å². The van der Waals surface area contributed by atoms with E-state index >= 15 is 0 Å². The Bertz CT molecular complexity index is 158. The van der Waals surface area contributed by atoms with E-state index in [1.54, 1.807) is 0 Å². The molecule has 1 aliphatic heterocycles. The smallest absolute Gasteiger partial charge is 0.222 e. The fraction of sp³-hybridized carbons (Fsp3) is 0.889. The molecule has 0 aliphatic carbocycles. The number of unbranched alkanes of at least 4 members (excludes halogenated alkanes) is 1. The minimum atomic E-state index is 0.247. The average molecular weight is 181 g/mol. The molecular formula is C9H16BNO2. The van der Waals surface area contributed by atoms with Gasteiger partial charge >= 0.3 is 0 Å². The summed E-state index contributed by atoms with van der Waals surface area (Å²) in [5.74, 6) is 0.247. The summed E-state index contributed by atoms with van der Waals surface area (Å²) >= 11 is 0. The fourth-order valence-electron chi connectivity index (χ4n) is 1.39. The molecule has 0 aromatic heterocycles. The first kappa shape index (κ1) is 10.6. The van der Waals surface area contributed by atoms with E-state index in [2.05, 4.69) is 0 Å². The van der Waals surface area contributed by atoms with Gasteiger partial charge in [0, 0.05) is 19.5 Å². The highest BCUT2D eigenvalue weighted by molar-refractivity contribution is 6.08. The Balaban J connectivity index is 2.13. The zero-order valence-electron chi connectivity index (χ0n) is 8.00. The van der Waals surface area contributed by atoms with Crippen molar-refractivity contribution in [3.63, 3.8) is 0 Å². The van der Waals surface area contributed by atoms with Gasteiger partial charge in [-0.25, -0.2) is 0 Å². The number of ether oxygens (including phenoxy) is 1. The van der Waals surface area contributed by atoms with Crippen LogP contribution in [0.2, 0.25) is 6.32 Å². The van der Waals surface area contributed by atoms with Crippen LogP contribution in [-0.4, -0.2) is 45.0 Å². The average Bonchev–Trinajstić information content (AvgIpc) is 2.19. The van der Waals surface area contributed by atoms with Crippen LogP contribution in [0, 0.1) is 0 Å². The monoisotopic (exact) mass is 181 g/mol. The second kappa shape index (κ2) is 6.03. The molecule has 0 spiro atoms. The van der Waals surface area contributed by atoms with Crippen LogP contribution in [0.4, 0.5) is 0 Å². The standard InChI is InChI=1S/C9H16BNO2/c10-4-2-1-3-9(12)11-5-7-13-8-6-11/h1-8H2. The van der Waals surface area contributed by atoms with Crippen molar-refractivity contribution in [3.05, 3.63) is 0 Å². The van der Waals surface area contributed by atoms with Crippen molar-refractivity contribution in [2.75, 3.05) is 26.3 Å². The van der Waals surface area contributed by atoms with E-state index in [9.17, 15) is 4.79 Å². The molecule has 0 saturated carbocycles. The molecule has 1 heterocycles. The quantitative estimate of drug-likeness (QED) is 0.469. The number of carbonyl (C=O) groups is 1. The molecule has 4 heteroatoms. The molecule has 1 rings (SSSR count). The molecule has 0 aromatic carbocycles. The van der Waals surface area contributed by atoms with Crippen LogP contribution in [0.1, 0.15) is 19.3 Å². The first-order valence-electron chi connectivity index (χ1n) is 4.90. The van der Waals surface area contributed by atoms with Crippen molar-refractivity contribution >= 4 is 13.8 Å². The molecule has 13 heavy (non-hydrogen) atoms. The topological polar surface area (TPSA) is 29.5 Å². The first-order valence-corrected chi connectivity index (χ1v) is 4.90. The van der Waals surface area contributed by atoms with Crippen molar-refractivity contribution in [1.82, 2.24) is 4.90 Å². The van der Waals surface area contributed by atoms with Crippen molar-refractivity contribution in [2.45, 2.75) is 25.6 Å². The van der Waals surface area contributed by atoms with Crippen LogP contribution < -0.4 is 0 Å². The Morgan fingerprint density at radius 3 is 2.62 bits per heavy atom. The van der Waals surface area contributed by atoms with Gasteiger partial charge in [0.1, 0.15) is 0 Å². The minimum absolute atomic E-state index is 0.247. The minimum Gasteiger partial charge on any atom is -0.378 e. The molecule has 0 N–H and O–H groups in total. The number of hydrogen-bond donors (Lipinski definition) is 0. The van der Waals surface area contributed by atoms with Gasteiger partial charge in [-0.15, -0.1) is 0 Å². The van der Waals surface area contributed by atoms with Gasteiger partial charge in [0.25, 0.3) is 0 Å². The van der Waals surface area contributed by atoms with E-state index in [1.165, 1.54) is 0 Å². The predicted octanol–water partition coefficient (Wildman–Crippen LogP) is 0.602. The summed E-state index contributed by atoms with van der Waals surface area (Å²) in [5.41, 5.74) is 0. The number of nitrogens with zero attached hydrogens (tertiary/aromatic N) is 1. The normalized spacial score (nSPS) is 17.4. The molecule has 0 unspecified atom stereocenters. The van der Waals surface area contributed by atoms with Crippen LogP contribution in [0.5, 0.6) is 0 Å². The molecule has 2 radical (unpaired) electrons. The van der Waals surface area contributed by atoms with Gasteiger partial charge in [-0.3, -0.25) is 4.79 Å². The fourth-order valence-corrected chi connectivity index (χ4v) is 1.39. The molecule has 72 valence electrons. The van der Waals surface area contributed by atoms with Gasteiger partial charge < -0.3 is 9.64 Å². The second-order valence-electron chi connectivity index (χ2n) is 3.24. The molecule has 1 aliphatic rings. The Morgan fingerprint density at radius 2 is 2.00 bits per heavy atom. The Morgan fingerprint density at radius 1 is 1.31 bits per heavy atom. The van der Waals surface area contributed by atoms with Gasteiger partial charge in [0.2, 0.25) is 5.91 Å². The molecule has 0 bridgehead atoms. The third-order valence-corrected chi connectivity index (χ3v) is 2.21. The highest BCUT2D eigenvalue weighted by Gasteiger charge is 2.15. The maximum atomic E-state index is 11.5. The molecule has 0 aromatic rings. The summed E-state index contributed by atoms with van der Waals surface area (Å²) in [6.07, 6.45) is 3.16. The lowest BCUT2D eigenvalue weighted by Gasteiger charge is -2.26. The molecule has 1 saturated heterocycles. The van der Waals surface area contributed by atoms with Gasteiger partial charge in [-0.2, -0.15) is 0 Å². The van der Waals surface area contributed by atoms with E-state index in [0.29, 0.717) is 26.0 Å². The molecular weight excluding hydrogens is 165 g/mol. The van der Waals surface area contributed by atoms with Crippen LogP contribution in [-0.2, 0) is 9.53 Å². The summed E-state index contributed by atoms with van der Waals surface area (Å²) in [5, 5.41) is 0. The third-order valence-electron chi connectivity index (χ3n) is 2.21. The molecule has 1 amide bonds.